The molecule has 0 aliphatic heterocycles. The molecule has 4 N–H and O–H groups in total. The lowest BCUT2D eigenvalue weighted by Gasteiger charge is -2.08. The lowest BCUT2D eigenvalue weighted by atomic mass is 10.1. The molecule has 6 nitrogen and oxygen atoms in total. The first-order chi connectivity index (χ1) is 8.49. The lowest BCUT2D eigenvalue weighted by Crippen LogP contribution is -2.16. The molecule has 2 aromatic rings. The molecule has 0 bridgehead atoms. The van der Waals surface area contributed by atoms with Gasteiger partial charge in [0.15, 0.2) is 5.82 Å². The zero-order valence-corrected chi connectivity index (χ0v) is 8.93. The van der Waals surface area contributed by atoms with Crippen molar-refractivity contribution in [2.45, 2.75) is 6.04 Å². The van der Waals surface area contributed by atoms with E-state index in [1.165, 1.54) is 0 Å². The van der Waals surface area contributed by atoms with Gasteiger partial charge in [0.25, 0.3) is 0 Å². The summed E-state index contributed by atoms with van der Waals surface area (Å²) in [5.41, 5.74) is 10.4. The highest BCUT2D eigenvalue weighted by atomic mass is 19.1. The van der Waals surface area contributed by atoms with Crippen LogP contribution in [0.1, 0.15) is 28.1 Å². The van der Waals surface area contributed by atoms with Crippen molar-refractivity contribution in [3.8, 4) is 0 Å². The zero-order chi connectivity index (χ0) is 13.3. The van der Waals surface area contributed by atoms with Crippen molar-refractivity contribution >= 4 is 5.91 Å². The number of rotatable bonds is 3. The summed E-state index contributed by atoms with van der Waals surface area (Å²) in [4.78, 5) is 14.3. The van der Waals surface area contributed by atoms with Crippen LogP contribution in [0.2, 0.25) is 0 Å². The maximum absolute atomic E-state index is 13.4. The summed E-state index contributed by atoms with van der Waals surface area (Å²) < 4.78 is 30.9. The molecule has 1 heterocycles. The van der Waals surface area contributed by atoms with Gasteiger partial charge in [-0.25, -0.2) is 8.78 Å². The minimum absolute atomic E-state index is 0.146. The maximum Gasteiger partial charge on any atom is 0.315 e. The Morgan fingerprint density at radius 2 is 2.11 bits per heavy atom. The largest absolute Gasteiger partial charge is 0.361 e. The molecule has 18 heavy (non-hydrogen) atoms. The van der Waals surface area contributed by atoms with Gasteiger partial charge < -0.3 is 16.0 Å². The first-order valence-corrected chi connectivity index (χ1v) is 4.83. The minimum Gasteiger partial charge on any atom is -0.361 e. The van der Waals surface area contributed by atoms with Crippen molar-refractivity contribution in [3.05, 3.63) is 47.1 Å². The average molecular weight is 254 g/mol. The van der Waals surface area contributed by atoms with E-state index in [0.29, 0.717) is 0 Å². The number of primary amides is 1. The van der Waals surface area contributed by atoms with Crippen LogP contribution >= 0.6 is 0 Å². The Hall–Kier alpha value is -2.35. The molecule has 0 radical (unpaired) electrons. The van der Waals surface area contributed by atoms with Crippen LogP contribution in [0.15, 0.2) is 22.7 Å². The molecular formula is C10H8F2N4O2. The quantitative estimate of drug-likeness (QED) is 0.828. The lowest BCUT2D eigenvalue weighted by molar-refractivity contribution is 0.0958. The minimum atomic E-state index is -1.16. The summed E-state index contributed by atoms with van der Waals surface area (Å²) in [6.07, 6.45) is 0. The van der Waals surface area contributed by atoms with Gasteiger partial charge in [0.05, 0.1) is 6.04 Å². The standard InChI is InChI=1S/C10H8F2N4O2/c11-4-1-2-6(12)5(3-4)7(13)9-15-10(8(14)17)18-16-9/h1-3,7H,13H2,(H2,14,17). The third kappa shape index (κ3) is 2.18. The first kappa shape index (κ1) is 12.1. The van der Waals surface area contributed by atoms with E-state index in [0.717, 1.165) is 18.2 Å². The smallest absolute Gasteiger partial charge is 0.315 e. The highest BCUT2D eigenvalue weighted by Crippen LogP contribution is 2.21. The van der Waals surface area contributed by atoms with E-state index in [2.05, 4.69) is 14.7 Å². The monoisotopic (exact) mass is 254 g/mol. The highest BCUT2D eigenvalue weighted by molar-refractivity contribution is 5.87. The molecule has 8 heteroatoms. The SMILES string of the molecule is NC(=O)c1nc(C(N)c2cc(F)ccc2F)no1. The van der Waals surface area contributed by atoms with Crippen LogP contribution in [0, 0.1) is 11.6 Å². The van der Waals surface area contributed by atoms with E-state index in [1.54, 1.807) is 0 Å². The van der Waals surface area contributed by atoms with Crippen LogP contribution in [-0.2, 0) is 0 Å². The molecule has 1 aromatic carbocycles. The summed E-state index contributed by atoms with van der Waals surface area (Å²) in [5.74, 6) is -2.90. The molecule has 1 atom stereocenters. The van der Waals surface area contributed by atoms with Gasteiger partial charge in [-0.05, 0) is 18.2 Å². The Morgan fingerprint density at radius 3 is 2.72 bits per heavy atom. The normalized spacial score (nSPS) is 12.4. The van der Waals surface area contributed by atoms with Crippen LogP contribution in [0.25, 0.3) is 0 Å². The second-order valence-electron chi connectivity index (χ2n) is 3.47. The fourth-order valence-corrected chi connectivity index (χ4v) is 1.35. The van der Waals surface area contributed by atoms with Gasteiger partial charge >= 0.3 is 11.8 Å². The molecular weight excluding hydrogens is 246 g/mol. The molecule has 1 aromatic heterocycles. The van der Waals surface area contributed by atoms with Crippen LogP contribution in [0.3, 0.4) is 0 Å². The van der Waals surface area contributed by atoms with Crippen molar-refractivity contribution in [1.29, 1.82) is 0 Å². The first-order valence-electron chi connectivity index (χ1n) is 4.83. The van der Waals surface area contributed by atoms with Crippen molar-refractivity contribution in [2.75, 3.05) is 0 Å². The topological polar surface area (TPSA) is 108 Å². The van der Waals surface area contributed by atoms with Gasteiger partial charge in [0, 0.05) is 5.56 Å². The van der Waals surface area contributed by atoms with Crippen molar-refractivity contribution < 1.29 is 18.1 Å². The Bertz CT molecular complexity index is 599. The number of hydrogen-bond donors (Lipinski definition) is 2. The number of benzene rings is 1. The van der Waals surface area contributed by atoms with Gasteiger partial charge in [-0.3, -0.25) is 4.79 Å². The summed E-state index contributed by atoms with van der Waals surface area (Å²) in [7, 11) is 0. The van der Waals surface area contributed by atoms with E-state index in [9.17, 15) is 13.6 Å². The fourth-order valence-electron chi connectivity index (χ4n) is 1.35. The summed E-state index contributed by atoms with van der Waals surface area (Å²) in [6, 6.07) is 1.65. The molecule has 0 fully saturated rings. The Kier molecular flexibility index (Phi) is 3.02. The number of carbonyl (C=O) groups excluding carboxylic acids is 1. The van der Waals surface area contributed by atoms with Crippen molar-refractivity contribution in [3.63, 3.8) is 0 Å². The molecule has 94 valence electrons. The molecule has 0 aliphatic carbocycles. The Morgan fingerprint density at radius 1 is 1.39 bits per heavy atom. The van der Waals surface area contributed by atoms with Crippen molar-refractivity contribution in [1.82, 2.24) is 10.1 Å². The number of amides is 1. The summed E-state index contributed by atoms with van der Waals surface area (Å²) in [5, 5.41) is 3.38. The van der Waals surface area contributed by atoms with Crippen molar-refractivity contribution in [2.24, 2.45) is 11.5 Å². The summed E-state index contributed by atoms with van der Waals surface area (Å²) in [6.45, 7) is 0. The van der Waals surface area contributed by atoms with Gasteiger partial charge in [0.2, 0.25) is 0 Å². The second kappa shape index (κ2) is 4.49. The van der Waals surface area contributed by atoms with E-state index in [4.69, 9.17) is 11.5 Å². The number of aromatic nitrogens is 2. The number of nitrogens with zero attached hydrogens (tertiary/aromatic N) is 2. The number of carbonyl (C=O) groups is 1. The van der Waals surface area contributed by atoms with E-state index in [1.807, 2.05) is 0 Å². The van der Waals surface area contributed by atoms with Gasteiger partial charge in [0.1, 0.15) is 11.6 Å². The van der Waals surface area contributed by atoms with Gasteiger partial charge in [-0.2, -0.15) is 4.98 Å². The van der Waals surface area contributed by atoms with Gasteiger partial charge in [-0.1, -0.05) is 5.16 Å². The van der Waals surface area contributed by atoms with Crippen LogP contribution in [0.5, 0.6) is 0 Å². The molecule has 2 rings (SSSR count). The third-order valence-electron chi connectivity index (χ3n) is 2.22. The number of nitrogens with two attached hydrogens (primary N) is 2. The van der Waals surface area contributed by atoms with E-state index in [-0.39, 0.29) is 11.4 Å². The number of halogens is 2. The molecule has 0 saturated carbocycles. The summed E-state index contributed by atoms with van der Waals surface area (Å²) >= 11 is 0. The fraction of sp³-hybridized carbons (Fsp3) is 0.100. The third-order valence-corrected chi connectivity index (χ3v) is 2.22. The molecule has 0 saturated heterocycles. The van der Waals surface area contributed by atoms with Gasteiger partial charge in [-0.15, -0.1) is 0 Å². The maximum atomic E-state index is 13.4. The molecule has 0 spiro atoms. The highest BCUT2D eigenvalue weighted by Gasteiger charge is 2.21. The van der Waals surface area contributed by atoms with Crippen LogP contribution in [-0.4, -0.2) is 16.0 Å². The average Bonchev–Trinajstić information content (AvgIpc) is 2.81. The van der Waals surface area contributed by atoms with E-state index < -0.39 is 29.5 Å². The predicted octanol–water partition coefficient (Wildman–Crippen LogP) is 0.495. The second-order valence-corrected chi connectivity index (χ2v) is 3.47. The zero-order valence-electron chi connectivity index (χ0n) is 8.93. The molecule has 1 unspecified atom stereocenters. The van der Waals surface area contributed by atoms with Crippen LogP contribution < -0.4 is 11.5 Å². The number of hydrogen-bond acceptors (Lipinski definition) is 5. The molecule has 0 aliphatic rings. The Labute approximate surface area is 99.6 Å². The van der Waals surface area contributed by atoms with Crippen LogP contribution in [0.4, 0.5) is 8.78 Å². The molecule has 1 amide bonds. The predicted molar refractivity (Wildman–Crippen MR) is 55.2 cm³/mol. The van der Waals surface area contributed by atoms with E-state index >= 15 is 0 Å². The Balaban J connectivity index is 2.37.